The van der Waals surface area contributed by atoms with Crippen molar-refractivity contribution in [2.75, 3.05) is 6.61 Å². The maximum absolute atomic E-state index is 12.5. The van der Waals surface area contributed by atoms with E-state index in [1.165, 1.54) is 0 Å². The molecule has 1 aromatic heterocycles. The van der Waals surface area contributed by atoms with Crippen molar-refractivity contribution in [1.29, 1.82) is 0 Å². The fourth-order valence-corrected chi connectivity index (χ4v) is 2.58. The number of rotatable bonds is 6. The monoisotopic (exact) mass is 357 g/mol. The van der Waals surface area contributed by atoms with Gasteiger partial charge >= 0.3 is 5.97 Å². The molecular formula is C19H16ClNO4. The van der Waals surface area contributed by atoms with Crippen molar-refractivity contribution in [2.24, 2.45) is 0 Å². The van der Waals surface area contributed by atoms with E-state index in [0.29, 0.717) is 16.3 Å². The number of aromatic amines is 1. The minimum atomic E-state index is -0.902. The van der Waals surface area contributed by atoms with Gasteiger partial charge in [-0.3, -0.25) is 4.79 Å². The SMILES string of the molecule is C[C@@H](OC(=O)COc1ccc(Cl)cc1)C(=O)c1c[nH]c2ccccc12. The van der Waals surface area contributed by atoms with Crippen LogP contribution >= 0.6 is 11.6 Å². The summed E-state index contributed by atoms with van der Waals surface area (Å²) in [6.07, 6.45) is 0.724. The van der Waals surface area contributed by atoms with Gasteiger partial charge in [-0.05, 0) is 37.3 Å². The van der Waals surface area contributed by atoms with Crippen LogP contribution < -0.4 is 4.74 Å². The largest absolute Gasteiger partial charge is 0.482 e. The van der Waals surface area contributed by atoms with Crippen molar-refractivity contribution in [2.45, 2.75) is 13.0 Å². The summed E-state index contributed by atoms with van der Waals surface area (Å²) >= 11 is 5.78. The average molecular weight is 358 g/mol. The van der Waals surface area contributed by atoms with Crippen molar-refractivity contribution < 1.29 is 19.1 Å². The van der Waals surface area contributed by atoms with Crippen LogP contribution in [-0.4, -0.2) is 29.4 Å². The van der Waals surface area contributed by atoms with Gasteiger partial charge in [-0.15, -0.1) is 0 Å². The van der Waals surface area contributed by atoms with Crippen LogP contribution in [0.5, 0.6) is 5.75 Å². The molecule has 0 amide bonds. The summed E-state index contributed by atoms with van der Waals surface area (Å²) in [5.41, 5.74) is 1.35. The summed E-state index contributed by atoms with van der Waals surface area (Å²) in [6, 6.07) is 14.1. The van der Waals surface area contributed by atoms with Gasteiger partial charge in [0.1, 0.15) is 5.75 Å². The van der Waals surface area contributed by atoms with E-state index in [1.54, 1.807) is 37.4 Å². The number of carbonyl (C=O) groups is 2. The molecule has 1 N–H and O–H groups in total. The molecule has 0 radical (unpaired) electrons. The highest BCUT2D eigenvalue weighted by molar-refractivity contribution is 6.30. The Morgan fingerprint density at radius 3 is 2.60 bits per heavy atom. The molecule has 3 rings (SSSR count). The highest BCUT2D eigenvalue weighted by Crippen LogP contribution is 2.20. The second kappa shape index (κ2) is 7.40. The van der Waals surface area contributed by atoms with Crippen LogP contribution in [0.15, 0.2) is 54.7 Å². The predicted molar refractivity (Wildman–Crippen MR) is 95.1 cm³/mol. The van der Waals surface area contributed by atoms with Crippen molar-refractivity contribution in [3.05, 3.63) is 65.3 Å². The quantitative estimate of drug-likeness (QED) is 0.534. The minimum Gasteiger partial charge on any atom is -0.482 e. The smallest absolute Gasteiger partial charge is 0.344 e. The molecular weight excluding hydrogens is 342 g/mol. The maximum atomic E-state index is 12.5. The molecule has 3 aromatic rings. The van der Waals surface area contributed by atoms with Crippen LogP contribution in [-0.2, 0) is 9.53 Å². The number of para-hydroxylation sites is 1. The molecule has 5 nitrogen and oxygen atoms in total. The van der Waals surface area contributed by atoms with Gasteiger partial charge in [-0.1, -0.05) is 29.8 Å². The molecule has 25 heavy (non-hydrogen) atoms. The Bertz CT molecular complexity index is 901. The number of ether oxygens (including phenoxy) is 2. The molecule has 0 fully saturated rings. The number of halogens is 1. The van der Waals surface area contributed by atoms with Crippen LogP contribution in [0.2, 0.25) is 5.02 Å². The zero-order valence-electron chi connectivity index (χ0n) is 13.5. The van der Waals surface area contributed by atoms with Crippen LogP contribution in [0, 0.1) is 0 Å². The predicted octanol–water partition coefficient (Wildman–Crippen LogP) is 4.01. The first kappa shape index (κ1) is 17.0. The highest BCUT2D eigenvalue weighted by atomic mass is 35.5. The number of Topliss-reactive ketones (excluding diaryl/α,β-unsaturated/α-hetero) is 1. The van der Waals surface area contributed by atoms with E-state index in [4.69, 9.17) is 21.1 Å². The van der Waals surface area contributed by atoms with E-state index in [-0.39, 0.29) is 12.4 Å². The number of nitrogens with one attached hydrogen (secondary N) is 1. The van der Waals surface area contributed by atoms with E-state index >= 15 is 0 Å². The van der Waals surface area contributed by atoms with Gasteiger partial charge in [-0.2, -0.15) is 0 Å². The number of fused-ring (bicyclic) bond motifs is 1. The first-order valence-corrected chi connectivity index (χ1v) is 8.10. The number of hydrogen-bond acceptors (Lipinski definition) is 4. The van der Waals surface area contributed by atoms with Gasteiger partial charge in [0.15, 0.2) is 12.7 Å². The van der Waals surface area contributed by atoms with E-state index in [0.717, 1.165) is 10.9 Å². The molecule has 0 saturated carbocycles. The Hall–Kier alpha value is -2.79. The van der Waals surface area contributed by atoms with Crippen LogP contribution in [0.1, 0.15) is 17.3 Å². The average Bonchev–Trinajstić information content (AvgIpc) is 3.04. The number of benzene rings is 2. The lowest BCUT2D eigenvalue weighted by molar-refractivity contribution is -0.148. The summed E-state index contributed by atoms with van der Waals surface area (Å²) in [5.74, 6) is -0.384. The van der Waals surface area contributed by atoms with Crippen LogP contribution in [0.4, 0.5) is 0 Å². The molecule has 128 valence electrons. The minimum absolute atomic E-state index is 0.266. The van der Waals surface area contributed by atoms with Crippen molar-refractivity contribution >= 4 is 34.3 Å². The molecule has 0 unspecified atom stereocenters. The fraction of sp³-hybridized carbons (Fsp3) is 0.158. The summed E-state index contributed by atoms with van der Waals surface area (Å²) < 4.78 is 10.5. The number of aromatic nitrogens is 1. The molecule has 0 aliphatic heterocycles. The van der Waals surface area contributed by atoms with E-state index in [1.807, 2.05) is 24.3 Å². The summed E-state index contributed by atoms with van der Waals surface area (Å²) in [6.45, 7) is 1.26. The molecule has 2 aromatic carbocycles. The van der Waals surface area contributed by atoms with Crippen molar-refractivity contribution in [1.82, 2.24) is 4.98 Å². The lowest BCUT2D eigenvalue weighted by atomic mass is 10.1. The van der Waals surface area contributed by atoms with Crippen molar-refractivity contribution in [3.63, 3.8) is 0 Å². The lowest BCUT2D eigenvalue weighted by Crippen LogP contribution is -2.27. The molecule has 1 heterocycles. The Balaban J connectivity index is 1.59. The number of hydrogen-bond donors (Lipinski definition) is 1. The molecule has 0 spiro atoms. The molecule has 1 atom stereocenters. The lowest BCUT2D eigenvalue weighted by Gasteiger charge is -2.12. The maximum Gasteiger partial charge on any atom is 0.344 e. The topological polar surface area (TPSA) is 68.4 Å². The molecule has 0 bridgehead atoms. The second-order valence-corrected chi connectivity index (χ2v) is 5.92. The van der Waals surface area contributed by atoms with Gasteiger partial charge < -0.3 is 14.5 Å². The van der Waals surface area contributed by atoms with Gasteiger partial charge in [0, 0.05) is 27.7 Å². The first-order valence-electron chi connectivity index (χ1n) is 7.73. The third-order valence-electron chi connectivity index (χ3n) is 3.70. The third-order valence-corrected chi connectivity index (χ3v) is 3.95. The highest BCUT2D eigenvalue weighted by Gasteiger charge is 2.22. The number of ketones is 1. The van der Waals surface area contributed by atoms with Gasteiger partial charge in [-0.25, -0.2) is 4.79 Å². The Kier molecular flexibility index (Phi) is 5.05. The molecule has 0 aliphatic carbocycles. The van der Waals surface area contributed by atoms with Gasteiger partial charge in [0.25, 0.3) is 0 Å². The van der Waals surface area contributed by atoms with Gasteiger partial charge in [0.2, 0.25) is 5.78 Å². The zero-order valence-corrected chi connectivity index (χ0v) is 14.2. The standard InChI is InChI=1S/C19H16ClNO4/c1-12(19(23)16-10-21-17-5-3-2-4-15(16)17)25-18(22)11-24-14-8-6-13(20)7-9-14/h2-10,12,21H,11H2,1H3/t12-/m1/s1. The second-order valence-electron chi connectivity index (χ2n) is 5.49. The Labute approximate surface area is 149 Å². The van der Waals surface area contributed by atoms with E-state index in [9.17, 15) is 9.59 Å². The first-order chi connectivity index (χ1) is 12.0. The molecule has 6 heteroatoms. The summed E-state index contributed by atoms with van der Waals surface area (Å²) in [7, 11) is 0. The summed E-state index contributed by atoms with van der Waals surface area (Å²) in [4.78, 5) is 27.4. The Morgan fingerprint density at radius 2 is 1.84 bits per heavy atom. The fourth-order valence-electron chi connectivity index (χ4n) is 2.45. The van der Waals surface area contributed by atoms with Crippen LogP contribution in [0.25, 0.3) is 10.9 Å². The van der Waals surface area contributed by atoms with Crippen LogP contribution in [0.3, 0.4) is 0 Å². The van der Waals surface area contributed by atoms with Gasteiger partial charge in [0.05, 0.1) is 0 Å². The normalized spacial score (nSPS) is 11.9. The number of H-pyrrole nitrogens is 1. The third kappa shape index (κ3) is 4.00. The van der Waals surface area contributed by atoms with E-state index < -0.39 is 12.1 Å². The Morgan fingerprint density at radius 1 is 1.12 bits per heavy atom. The molecule has 0 saturated heterocycles. The zero-order chi connectivity index (χ0) is 17.8. The molecule has 0 aliphatic rings. The van der Waals surface area contributed by atoms with E-state index in [2.05, 4.69) is 4.98 Å². The number of esters is 1. The number of carbonyl (C=O) groups excluding carboxylic acids is 2. The van der Waals surface area contributed by atoms with Crippen molar-refractivity contribution in [3.8, 4) is 5.75 Å². The summed E-state index contributed by atoms with van der Waals surface area (Å²) in [5, 5.41) is 1.38.